The van der Waals surface area contributed by atoms with Crippen LogP contribution in [0.15, 0.2) is 42.6 Å². The van der Waals surface area contributed by atoms with Gasteiger partial charge < -0.3 is 16.0 Å². The zero-order valence-electron chi connectivity index (χ0n) is 15.9. The molecule has 0 unspecified atom stereocenters. The van der Waals surface area contributed by atoms with Crippen molar-refractivity contribution < 1.29 is 9.18 Å². The minimum Gasteiger partial charge on any atom is -0.384 e. The first kappa shape index (κ1) is 18.2. The Hall–Kier alpha value is -3.15. The highest BCUT2D eigenvalue weighted by Gasteiger charge is 2.32. The van der Waals surface area contributed by atoms with Crippen LogP contribution < -0.4 is 11.1 Å². The third-order valence-corrected chi connectivity index (χ3v) is 5.40. The second-order valence-electron chi connectivity index (χ2n) is 7.67. The number of nitrogens with two attached hydrogens (primary N) is 1. The van der Waals surface area contributed by atoms with Crippen molar-refractivity contribution in [2.75, 3.05) is 11.1 Å². The number of ketones is 1. The van der Waals surface area contributed by atoms with E-state index >= 15 is 0 Å². The van der Waals surface area contributed by atoms with Crippen LogP contribution in [0.1, 0.15) is 36.3 Å². The average molecular weight is 378 g/mol. The van der Waals surface area contributed by atoms with Gasteiger partial charge in [-0.3, -0.25) is 4.79 Å². The van der Waals surface area contributed by atoms with Gasteiger partial charge in [-0.05, 0) is 54.7 Å². The Bertz CT molecular complexity index is 1020. The summed E-state index contributed by atoms with van der Waals surface area (Å²) in [5.74, 6) is 0.958. The molecular weight excluding hydrogens is 355 g/mol. The van der Waals surface area contributed by atoms with E-state index in [-0.39, 0.29) is 11.6 Å². The molecule has 4 N–H and O–H groups in total. The van der Waals surface area contributed by atoms with Gasteiger partial charge >= 0.3 is 0 Å². The lowest BCUT2D eigenvalue weighted by Gasteiger charge is -2.25. The summed E-state index contributed by atoms with van der Waals surface area (Å²) in [4.78, 5) is 20.5. The van der Waals surface area contributed by atoms with Gasteiger partial charge in [-0.1, -0.05) is 13.8 Å². The number of carbonyl (C=O) groups is 1. The number of hydrogen-bond acceptors (Lipinski definition) is 4. The summed E-state index contributed by atoms with van der Waals surface area (Å²) in [6.45, 7) is 4.29. The van der Waals surface area contributed by atoms with Gasteiger partial charge in [0.05, 0.1) is 16.9 Å². The van der Waals surface area contributed by atoms with E-state index in [0.29, 0.717) is 41.0 Å². The molecule has 28 heavy (non-hydrogen) atoms. The Labute approximate surface area is 163 Å². The Kier molecular flexibility index (Phi) is 4.63. The van der Waals surface area contributed by atoms with Crippen LogP contribution >= 0.6 is 0 Å². The van der Waals surface area contributed by atoms with Crippen molar-refractivity contribution in [1.29, 1.82) is 0 Å². The quantitative estimate of drug-likeness (QED) is 0.600. The van der Waals surface area contributed by atoms with Gasteiger partial charge in [-0.25, -0.2) is 9.37 Å². The number of nitrogen functional groups attached to an aromatic ring is 1. The van der Waals surface area contributed by atoms with Crippen LogP contribution in [0, 0.1) is 17.7 Å². The summed E-state index contributed by atoms with van der Waals surface area (Å²) in [5, 5.41) is 3.32. The molecule has 0 bridgehead atoms. The van der Waals surface area contributed by atoms with Crippen molar-refractivity contribution in [1.82, 2.24) is 9.97 Å². The van der Waals surface area contributed by atoms with Crippen LogP contribution in [0.5, 0.6) is 0 Å². The lowest BCUT2D eigenvalue weighted by Crippen LogP contribution is -2.23. The van der Waals surface area contributed by atoms with Crippen LogP contribution in [-0.4, -0.2) is 15.8 Å². The highest BCUT2D eigenvalue weighted by atomic mass is 19.1. The van der Waals surface area contributed by atoms with Crippen molar-refractivity contribution in [3.63, 3.8) is 0 Å². The third kappa shape index (κ3) is 3.38. The molecule has 3 aromatic rings. The Morgan fingerprint density at radius 3 is 2.64 bits per heavy atom. The molecule has 0 amide bonds. The number of nitrogens with one attached hydrogen (secondary N) is 2. The van der Waals surface area contributed by atoms with Crippen molar-refractivity contribution in [3.8, 4) is 11.3 Å². The van der Waals surface area contributed by atoms with Crippen molar-refractivity contribution in [2.24, 2.45) is 11.8 Å². The number of hydrogen-bond donors (Lipinski definition) is 3. The first-order valence-corrected chi connectivity index (χ1v) is 9.45. The van der Waals surface area contributed by atoms with Gasteiger partial charge in [0.15, 0.2) is 5.78 Å². The molecular formula is C22H23FN4O. The molecule has 1 aliphatic rings. The van der Waals surface area contributed by atoms with E-state index < -0.39 is 0 Å². The van der Waals surface area contributed by atoms with Crippen molar-refractivity contribution >= 4 is 23.0 Å². The Balaban J connectivity index is 1.84. The number of pyridine rings is 1. The van der Waals surface area contributed by atoms with Gasteiger partial charge in [-0.15, -0.1) is 0 Å². The van der Waals surface area contributed by atoms with Crippen LogP contribution in [0.4, 0.5) is 21.6 Å². The van der Waals surface area contributed by atoms with Crippen LogP contribution in [0.3, 0.4) is 0 Å². The number of aromatic amines is 1. The van der Waals surface area contributed by atoms with E-state index in [4.69, 9.17) is 5.73 Å². The fourth-order valence-electron chi connectivity index (χ4n) is 3.78. The normalized spacial score (nSPS) is 16.3. The maximum atomic E-state index is 13.3. The van der Waals surface area contributed by atoms with E-state index in [9.17, 15) is 9.18 Å². The lowest BCUT2D eigenvalue weighted by atomic mass is 9.80. The van der Waals surface area contributed by atoms with E-state index in [1.807, 2.05) is 6.07 Å². The second kappa shape index (κ2) is 7.11. The van der Waals surface area contributed by atoms with Crippen LogP contribution in [0.2, 0.25) is 0 Å². The molecule has 0 radical (unpaired) electrons. The summed E-state index contributed by atoms with van der Waals surface area (Å²) in [6, 6.07) is 9.73. The predicted molar refractivity (Wildman–Crippen MR) is 109 cm³/mol. The minimum absolute atomic E-state index is 0.120. The number of fused-ring (bicyclic) bond motifs is 1. The zero-order chi connectivity index (χ0) is 19.8. The van der Waals surface area contributed by atoms with Crippen molar-refractivity contribution in [3.05, 3.63) is 59.7 Å². The molecule has 1 aliphatic carbocycles. The molecule has 5 nitrogen and oxygen atoms in total. The number of Topliss-reactive ketones (excluding diaryl/α,β-unsaturated/α-hetero) is 1. The number of benzene rings is 1. The second-order valence-corrected chi connectivity index (χ2v) is 7.67. The Morgan fingerprint density at radius 1 is 1.21 bits per heavy atom. The van der Waals surface area contributed by atoms with Gasteiger partial charge in [0.1, 0.15) is 11.6 Å². The number of halogens is 1. The van der Waals surface area contributed by atoms with Crippen LogP contribution in [-0.2, 0) is 6.42 Å². The van der Waals surface area contributed by atoms with Gasteiger partial charge in [0, 0.05) is 29.6 Å². The molecule has 0 aliphatic heterocycles. The summed E-state index contributed by atoms with van der Waals surface area (Å²) in [5.41, 5.74) is 10.6. The fourth-order valence-corrected chi connectivity index (χ4v) is 3.78. The number of H-pyrrole nitrogens is 1. The standard InChI is InChI=1S/C22H23FN4O/c1-12(2)14-9-17-20(18(28)10-14)22(26-16-5-3-15(23)4-6-16)21(27-17)13-7-8-25-19(24)11-13/h3-8,11-12,14,26-27H,9-10H2,1-2H3,(H2,24,25)/t14-/m1/s1. The molecule has 0 saturated carbocycles. The first-order valence-electron chi connectivity index (χ1n) is 9.45. The highest BCUT2D eigenvalue weighted by molar-refractivity contribution is 6.07. The first-order chi connectivity index (χ1) is 13.4. The summed E-state index contributed by atoms with van der Waals surface area (Å²) < 4.78 is 13.3. The van der Waals surface area contributed by atoms with E-state index in [1.165, 1.54) is 12.1 Å². The SMILES string of the molecule is CC(C)[C@H]1CC(=O)c2c([nH]c(-c3ccnc(N)c3)c2Nc2ccc(F)cc2)C1. The number of anilines is 3. The number of rotatable bonds is 4. The number of carbonyl (C=O) groups excluding carboxylic acids is 1. The molecule has 1 atom stereocenters. The smallest absolute Gasteiger partial charge is 0.167 e. The maximum Gasteiger partial charge on any atom is 0.167 e. The largest absolute Gasteiger partial charge is 0.384 e. The topological polar surface area (TPSA) is 83.8 Å². The molecule has 2 heterocycles. The monoisotopic (exact) mass is 378 g/mol. The van der Waals surface area contributed by atoms with Crippen molar-refractivity contribution in [2.45, 2.75) is 26.7 Å². The summed E-state index contributed by atoms with van der Waals surface area (Å²) in [6.07, 6.45) is 2.99. The molecule has 2 aromatic heterocycles. The fraction of sp³-hybridized carbons (Fsp3) is 0.273. The maximum absolute atomic E-state index is 13.3. The third-order valence-electron chi connectivity index (χ3n) is 5.40. The molecule has 144 valence electrons. The molecule has 0 saturated heterocycles. The van der Waals surface area contributed by atoms with Gasteiger partial charge in [-0.2, -0.15) is 0 Å². The highest BCUT2D eigenvalue weighted by Crippen LogP contribution is 2.41. The predicted octanol–water partition coefficient (Wildman–Crippen LogP) is 4.94. The van der Waals surface area contributed by atoms with E-state index in [0.717, 1.165) is 23.4 Å². The molecule has 6 heteroatoms. The Morgan fingerprint density at radius 2 is 1.96 bits per heavy atom. The number of nitrogens with zero attached hydrogens (tertiary/aromatic N) is 1. The van der Waals surface area contributed by atoms with E-state index in [2.05, 4.69) is 29.1 Å². The minimum atomic E-state index is -0.306. The van der Waals surface area contributed by atoms with E-state index in [1.54, 1.807) is 24.4 Å². The zero-order valence-corrected chi connectivity index (χ0v) is 15.9. The lowest BCUT2D eigenvalue weighted by molar-refractivity contribution is 0.0934. The van der Waals surface area contributed by atoms with Gasteiger partial charge in [0.2, 0.25) is 0 Å². The molecule has 4 rings (SSSR count). The summed E-state index contributed by atoms with van der Waals surface area (Å²) in [7, 11) is 0. The number of aromatic nitrogens is 2. The molecule has 0 spiro atoms. The molecule has 1 aromatic carbocycles. The summed E-state index contributed by atoms with van der Waals surface area (Å²) >= 11 is 0. The van der Waals surface area contributed by atoms with Gasteiger partial charge in [0.25, 0.3) is 0 Å². The molecule has 0 fully saturated rings. The average Bonchev–Trinajstić information content (AvgIpc) is 3.02. The van der Waals surface area contributed by atoms with Crippen LogP contribution in [0.25, 0.3) is 11.3 Å².